The molecule has 0 aromatic carbocycles. The predicted octanol–water partition coefficient (Wildman–Crippen LogP) is -1.03. The average Bonchev–Trinajstić information content (AvgIpc) is 2.59. The van der Waals surface area contributed by atoms with Crippen molar-refractivity contribution in [2.45, 2.75) is 18.8 Å². The highest BCUT2D eigenvalue weighted by atomic mass is 19.1. The normalized spacial score (nSPS) is 24.8. The van der Waals surface area contributed by atoms with Gasteiger partial charge in [0.15, 0.2) is 0 Å². The molecule has 0 unspecified atom stereocenters. The van der Waals surface area contributed by atoms with Gasteiger partial charge in [0, 0.05) is 6.42 Å². The fraction of sp³-hybridized carbons (Fsp3) is 0.600. The standard InChI is InChI=1S/C10H13FN2O5/c11-7-3-13(10(16)12-9(7)15)8-1-2-17-5-6(4-14)18-8/h3,6,8,14H,1-2,4-5H2,(H,12,15,16)/t6-,8+/m1/s1. The van der Waals surface area contributed by atoms with Crippen LogP contribution in [-0.4, -0.2) is 40.6 Å². The Kier molecular flexibility index (Phi) is 3.90. The second-order valence-corrected chi connectivity index (χ2v) is 3.90. The molecule has 18 heavy (non-hydrogen) atoms. The molecule has 0 bridgehead atoms. The molecule has 0 radical (unpaired) electrons. The van der Waals surface area contributed by atoms with Gasteiger partial charge in [-0.15, -0.1) is 0 Å². The molecule has 7 nitrogen and oxygen atoms in total. The van der Waals surface area contributed by atoms with Crippen molar-refractivity contribution in [2.24, 2.45) is 0 Å². The molecule has 2 rings (SSSR count). The highest BCUT2D eigenvalue weighted by Crippen LogP contribution is 2.17. The zero-order valence-electron chi connectivity index (χ0n) is 9.47. The van der Waals surface area contributed by atoms with Crippen LogP contribution in [0.2, 0.25) is 0 Å². The van der Waals surface area contributed by atoms with Gasteiger partial charge in [0.2, 0.25) is 5.82 Å². The van der Waals surface area contributed by atoms with E-state index in [0.29, 0.717) is 13.0 Å². The zero-order chi connectivity index (χ0) is 13.1. The summed E-state index contributed by atoms with van der Waals surface area (Å²) in [5.41, 5.74) is -1.83. The summed E-state index contributed by atoms with van der Waals surface area (Å²) in [4.78, 5) is 24.3. The van der Waals surface area contributed by atoms with Gasteiger partial charge in [-0.05, 0) is 0 Å². The Balaban J connectivity index is 2.32. The fourth-order valence-electron chi connectivity index (χ4n) is 1.70. The molecule has 0 saturated carbocycles. The van der Waals surface area contributed by atoms with E-state index in [-0.39, 0.29) is 13.2 Å². The third-order valence-corrected chi connectivity index (χ3v) is 2.60. The maximum Gasteiger partial charge on any atom is 0.330 e. The van der Waals surface area contributed by atoms with Crippen LogP contribution in [0.5, 0.6) is 0 Å². The van der Waals surface area contributed by atoms with Crippen LogP contribution in [-0.2, 0) is 9.47 Å². The molecule has 100 valence electrons. The summed E-state index contributed by atoms with van der Waals surface area (Å²) in [5, 5.41) is 9.02. The average molecular weight is 260 g/mol. The predicted molar refractivity (Wildman–Crippen MR) is 57.7 cm³/mol. The van der Waals surface area contributed by atoms with Crippen LogP contribution >= 0.6 is 0 Å². The number of aromatic amines is 1. The lowest BCUT2D eigenvalue weighted by Gasteiger charge is -2.20. The number of H-pyrrole nitrogens is 1. The van der Waals surface area contributed by atoms with Gasteiger partial charge in [-0.1, -0.05) is 0 Å². The van der Waals surface area contributed by atoms with Crippen LogP contribution in [0, 0.1) is 5.82 Å². The lowest BCUT2D eigenvalue weighted by molar-refractivity contribution is -0.0768. The number of nitrogens with one attached hydrogen (secondary N) is 1. The lowest BCUT2D eigenvalue weighted by atomic mass is 10.3. The Labute approximate surface area is 101 Å². The number of rotatable bonds is 2. The van der Waals surface area contributed by atoms with Crippen LogP contribution in [0.4, 0.5) is 4.39 Å². The van der Waals surface area contributed by atoms with E-state index in [1.165, 1.54) is 0 Å². The highest BCUT2D eigenvalue weighted by molar-refractivity contribution is 4.88. The Bertz CT molecular complexity index is 526. The SMILES string of the molecule is O=c1[nH]c(=O)n([C@@H]2CCOC[C@@H](CO)O2)cc1F. The minimum absolute atomic E-state index is 0.202. The quantitative estimate of drug-likeness (QED) is 0.709. The van der Waals surface area contributed by atoms with Crippen LogP contribution in [0.25, 0.3) is 0 Å². The Morgan fingerprint density at radius 2 is 2.33 bits per heavy atom. The number of hydrogen-bond acceptors (Lipinski definition) is 5. The van der Waals surface area contributed by atoms with E-state index in [9.17, 15) is 14.0 Å². The molecule has 1 fully saturated rings. The van der Waals surface area contributed by atoms with Gasteiger partial charge >= 0.3 is 5.69 Å². The van der Waals surface area contributed by atoms with Crippen molar-refractivity contribution in [3.8, 4) is 0 Å². The molecule has 1 aliphatic heterocycles. The van der Waals surface area contributed by atoms with Gasteiger partial charge < -0.3 is 14.6 Å². The number of ether oxygens (including phenoxy) is 2. The second-order valence-electron chi connectivity index (χ2n) is 3.90. The lowest BCUT2D eigenvalue weighted by Crippen LogP contribution is -2.36. The Morgan fingerprint density at radius 3 is 3.06 bits per heavy atom. The number of hydrogen-bond donors (Lipinski definition) is 2. The molecule has 0 amide bonds. The van der Waals surface area contributed by atoms with E-state index in [0.717, 1.165) is 10.8 Å². The Hall–Kier alpha value is -1.51. The summed E-state index contributed by atoms with van der Waals surface area (Å²) < 4.78 is 24.7. The van der Waals surface area contributed by atoms with Crippen molar-refractivity contribution in [2.75, 3.05) is 19.8 Å². The van der Waals surface area contributed by atoms with E-state index >= 15 is 0 Å². The van der Waals surface area contributed by atoms with Gasteiger partial charge in [-0.2, -0.15) is 4.39 Å². The maximum absolute atomic E-state index is 13.2. The molecule has 1 saturated heterocycles. The summed E-state index contributed by atoms with van der Waals surface area (Å²) >= 11 is 0. The van der Waals surface area contributed by atoms with Crippen molar-refractivity contribution in [1.29, 1.82) is 0 Å². The van der Waals surface area contributed by atoms with E-state index in [2.05, 4.69) is 0 Å². The molecule has 2 atom stereocenters. The van der Waals surface area contributed by atoms with Gasteiger partial charge in [0.25, 0.3) is 5.56 Å². The van der Waals surface area contributed by atoms with E-state index in [1.54, 1.807) is 0 Å². The maximum atomic E-state index is 13.2. The largest absolute Gasteiger partial charge is 0.394 e. The van der Waals surface area contributed by atoms with E-state index in [4.69, 9.17) is 14.6 Å². The van der Waals surface area contributed by atoms with Crippen molar-refractivity contribution in [3.05, 3.63) is 32.9 Å². The summed E-state index contributed by atoms with van der Waals surface area (Å²) in [5.74, 6) is -1.07. The van der Waals surface area contributed by atoms with E-state index in [1.807, 2.05) is 4.98 Å². The number of aromatic nitrogens is 2. The van der Waals surface area contributed by atoms with Crippen LogP contribution in [0.3, 0.4) is 0 Å². The summed E-state index contributed by atoms with van der Waals surface area (Å²) in [6, 6.07) is 0. The number of aliphatic hydroxyl groups is 1. The van der Waals surface area contributed by atoms with Crippen LogP contribution in [0.1, 0.15) is 12.6 Å². The number of aliphatic hydroxyl groups excluding tert-OH is 1. The van der Waals surface area contributed by atoms with Crippen molar-refractivity contribution >= 4 is 0 Å². The molecule has 2 N–H and O–H groups in total. The second kappa shape index (κ2) is 5.42. The fourth-order valence-corrected chi connectivity index (χ4v) is 1.70. The zero-order valence-corrected chi connectivity index (χ0v) is 9.47. The van der Waals surface area contributed by atoms with Gasteiger partial charge in [-0.25, -0.2) is 4.79 Å². The first-order valence-corrected chi connectivity index (χ1v) is 5.47. The monoisotopic (exact) mass is 260 g/mol. The smallest absolute Gasteiger partial charge is 0.330 e. The number of nitrogens with zero attached hydrogens (tertiary/aromatic N) is 1. The molecular weight excluding hydrogens is 247 g/mol. The van der Waals surface area contributed by atoms with Gasteiger partial charge in [-0.3, -0.25) is 14.3 Å². The third kappa shape index (κ3) is 2.66. The molecular formula is C10H13FN2O5. The summed E-state index contributed by atoms with van der Waals surface area (Å²) in [7, 11) is 0. The molecule has 1 aromatic rings. The topological polar surface area (TPSA) is 93.6 Å². The first-order chi connectivity index (χ1) is 8.61. The van der Waals surface area contributed by atoms with E-state index < -0.39 is 29.4 Å². The molecule has 1 aliphatic rings. The van der Waals surface area contributed by atoms with Crippen molar-refractivity contribution < 1.29 is 19.0 Å². The summed E-state index contributed by atoms with van der Waals surface area (Å²) in [6.07, 6.45) is -0.240. The molecule has 0 spiro atoms. The minimum Gasteiger partial charge on any atom is -0.394 e. The third-order valence-electron chi connectivity index (χ3n) is 2.60. The van der Waals surface area contributed by atoms with Gasteiger partial charge in [0.05, 0.1) is 26.0 Å². The van der Waals surface area contributed by atoms with Crippen molar-refractivity contribution in [3.63, 3.8) is 0 Å². The highest BCUT2D eigenvalue weighted by Gasteiger charge is 2.23. The van der Waals surface area contributed by atoms with Crippen LogP contribution in [0.15, 0.2) is 15.8 Å². The van der Waals surface area contributed by atoms with Gasteiger partial charge in [0.1, 0.15) is 12.3 Å². The molecule has 2 heterocycles. The Morgan fingerprint density at radius 1 is 1.56 bits per heavy atom. The first-order valence-electron chi connectivity index (χ1n) is 5.47. The number of halogens is 1. The van der Waals surface area contributed by atoms with Crippen LogP contribution < -0.4 is 11.2 Å². The molecule has 8 heteroatoms. The molecule has 0 aliphatic carbocycles. The first kappa shape index (κ1) is 12.9. The summed E-state index contributed by atoms with van der Waals surface area (Å²) in [6.45, 7) is 0.249. The minimum atomic E-state index is -1.07. The molecule has 1 aromatic heterocycles. The van der Waals surface area contributed by atoms with Crippen molar-refractivity contribution in [1.82, 2.24) is 9.55 Å².